The number of hydrogen-bond acceptors (Lipinski definition) is 2. The molecular weight excluding hydrogens is 381 g/mol. The molecular formula is C15H26IN3S. The molecule has 2 N–H and O–H groups in total. The van der Waals surface area contributed by atoms with E-state index in [-0.39, 0.29) is 29.4 Å². The first-order valence-electron chi connectivity index (χ1n) is 7.18. The Bertz CT molecular complexity index is 411. The van der Waals surface area contributed by atoms with Gasteiger partial charge in [0.1, 0.15) is 0 Å². The van der Waals surface area contributed by atoms with Crippen molar-refractivity contribution in [1.82, 2.24) is 10.6 Å². The minimum absolute atomic E-state index is 0. The Hall–Kier alpha value is -0.300. The monoisotopic (exact) mass is 407 g/mol. The number of aliphatic imine (C=N–C) groups is 1. The fourth-order valence-electron chi connectivity index (χ4n) is 1.92. The first-order chi connectivity index (χ1) is 9.12. The molecule has 0 aromatic carbocycles. The van der Waals surface area contributed by atoms with E-state index in [2.05, 4.69) is 48.9 Å². The number of hydrogen-bond donors (Lipinski definition) is 2. The zero-order valence-electron chi connectivity index (χ0n) is 12.6. The summed E-state index contributed by atoms with van der Waals surface area (Å²) in [4.78, 5) is 6.14. The smallest absolute Gasteiger partial charge is 0.191 e. The van der Waals surface area contributed by atoms with Gasteiger partial charge in [-0.3, -0.25) is 4.99 Å². The number of halogens is 1. The molecule has 5 heteroatoms. The van der Waals surface area contributed by atoms with Crippen molar-refractivity contribution >= 4 is 41.3 Å². The Morgan fingerprint density at radius 2 is 2.15 bits per heavy atom. The molecule has 0 unspecified atom stereocenters. The van der Waals surface area contributed by atoms with Gasteiger partial charge in [0.15, 0.2) is 5.96 Å². The van der Waals surface area contributed by atoms with Crippen LogP contribution in [-0.2, 0) is 5.41 Å². The van der Waals surface area contributed by atoms with Crippen molar-refractivity contribution in [3.63, 3.8) is 0 Å². The molecule has 2 rings (SSSR count). The molecule has 0 saturated heterocycles. The average molecular weight is 407 g/mol. The van der Waals surface area contributed by atoms with Crippen LogP contribution in [0.4, 0.5) is 0 Å². The molecule has 0 bridgehead atoms. The normalized spacial score (nSPS) is 15.7. The molecule has 1 fully saturated rings. The highest BCUT2D eigenvalue weighted by Crippen LogP contribution is 2.28. The molecule has 0 spiro atoms. The highest BCUT2D eigenvalue weighted by Gasteiger charge is 2.23. The Morgan fingerprint density at radius 3 is 2.70 bits per heavy atom. The molecule has 114 valence electrons. The summed E-state index contributed by atoms with van der Waals surface area (Å²) in [7, 11) is 0. The molecule has 0 aliphatic heterocycles. The topological polar surface area (TPSA) is 36.4 Å². The maximum Gasteiger partial charge on any atom is 0.191 e. The fraction of sp³-hybridized carbons (Fsp3) is 0.667. The van der Waals surface area contributed by atoms with Crippen LogP contribution in [0.15, 0.2) is 22.5 Å². The van der Waals surface area contributed by atoms with Gasteiger partial charge in [-0.05, 0) is 37.1 Å². The summed E-state index contributed by atoms with van der Waals surface area (Å²) in [5.74, 6) is 1.83. The predicted octanol–water partition coefficient (Wildman–Crippen LogP) is 3.61. The van der Waals surface area contributed by atoms with Gasteiger partial charge in [0.05, 0.1) is 6.54 Å². The second-order valence-corrected chi connectivity index (χ2v) is 6.83. The number of guanidine groups is 1. The van der Waals surface area contributed by atoms with Crippen LogP contribution in [0.3, 0.4) is 0 Å². The third-order valence-corrected chi connectivity index (χ3v) is 4.66. The van der Waals surface area contributed by atoms with Crippen molar-refractivity contribution in [2.45, 2.75) is 39.0 Å². The van der Waals surface area contributed by atoms with Crippen molar-refractivity contribution in [3.8, 4) is 0 Å². The van der Waals surface area contributed by atoms with Gasteiger partial charge in [-0.1, -0.05) is 19.9 Å². The summed E-state index contributed by atoms with van der Waals surface area (Å²) >= 11 is 1.81. The Morgan fingerprint density at radius 1 is 1.40 bits per heavy atom. The molecule has 1 saturated carbocycles. The van der Waals surface area contributed by atoms with Gasteiger partial charge in [-0.25, -0.2) is 0 Å². The summed E-state index contributed by atoms with van der Waals surface area (Å²) in [6, 6.07) is 4.31. The molecule has 1 aromatic heterocycles. The first-order valence-corrected chi connectivity index (χ1v) is 8.06. The Kier molecular flexibility index (Phi) is 7.29. The van der Waals surface area contributed by atoms with E-state index in [0.717, 1.165) is 31.5 Å². The number of nitrogens with zero attached hydrogens (tertiary/aromatic N) is 1. The highest BCUT2D eigenvalue weighted by atomic mass is 127. The van der Waals surface area contributed by atoms with E-state index in [4.69, 9.17) is 4.99 Å². The maximum atomic E-state index is 4.74. The van der Waals surface area contributed by atoms with E-state index in [1.165, 1.54) is 17.7 Å². The predicted molar refractivity (Wildman–Crippen MR) is 99.5 cm³/mol. The lowest BCUT2D eigenvalue weighted by molar-refractivity contribution is 0.548. The Balaban J connectivity index is 0.00000200. The summed E-state index contributed by atoms with van der Waals surface area (Å²) in [5.41, 5.74) is 0.107. The van der Waals surface area contributed by atoms with Crippen LogP contribution in [-0.4, -0.2) is 25.6 Å². The lowest BCUT2D eigenvalue weighted by atomic mass is 9.92. The largest absolute Gasteiger partial charge is 0.357 e. The van der Waals surface area contributed by atoms with E-state index in [1.807, 2.05) is 11.3 Å². The molecule has 0 amide bonds. The molecule has 1 aliphatic rings. The van der Waals surface area contributed by atoms with Crippen molar-refractivity contribution in [3.05, 3.63) is 22.4 Å². The molecule has 1 aromatic rings. The van der Waals surface area contributed by atoms with Crippen molar-refractivity contribution in [2.24, 2.45) is 10.9 Å². The van der Waals surface area contributed by atoms with Gasteiger partial charge in [-0.2, -0.15) is 0 Å². The van der Waals surface area contributed by atoms with Crippen LogP contribution in [0.5, 0.6) is 0 Å². The lowest BCUT2D eigenvalue weighted by Gasteiger charge is -2.21. The van der Waals surface area contributed by atoms with E-state index in [0.29, 0.717) is 0 Å². The van der Waals surface area contributed by atoms with Gasteiger partial charge in [-0.15, -0.1) is 35.3 Å². The summed E-state index contributed by atoms with van der Waals surface area (Å²) in [6.07, 6.45) is 2.74. The van der Waals surface area contributed by atoms with Gasteiger partial charge in [0.2, 0.25) is 0 Å². The molecule has 1 aliphatic carbocycles. The summed E-state index contributed by atoms with van der Waals surface area (Å²) in [6.45, 7) is 9.41. The molecule has 20 heavy (non-hydrogen) atoms. The molecule has 1 heterocycles. The quantitative estimate of drug-likeness (QED) is 0.430. The Labute approximate surface area is 143 Å². The van der Waals surface area contributed by atoms with Crippen molar-refractivity contribution in [2.75, 3.05) is 19.6 Å². The third-order valence-electron chi connectivity index (χ3n) is 3.42. The van der Waals surface area contributed by atoms with Gasteiger partial charge >= 0.3 is 0 Å². The van der Waals surface area contributed by atoms with Crippen molar-refractivity contribution < 1.29 is 0 Å². The summed E-state index contributed by atoms with van der Waals surface area (Å²) in [5, 5.41) is 8.90. The second kappa shape index (κ2) is 8.22. The highest BCUT2D eigenvalue weighted by molar-refractivity contribution is 14.0. The third kappa shape index (κ3) is 5.60. The molecule has 0 radical (unpaired) electrons. The number of rotatable bonds is 6. The average Bonchev–Trinajstić information content (AvgIpc) is 3.03. The van der Waals surface area contributed by atoms with E-state index in [9.17, 15) is 0 Å². The lowest BCUT2D eigenvalue weighted by Crippen LogP contribution is -2.39. The zero-order chi connectivity index (χ0) is 13.7. The van der Waals surface area contributed by atoms with Crippen LogP contribution in [0.1, 0.15) is 38.5 Å². The maximum absolute atomic E-state index is 4.74. The van der Waals surface area contributed by atoms with Crippen LogP contribution in [0.25, 0.3) is 0 Å². The van der Waals surface area contributed by atoms with Gasteiger partial charge in [0.25, 0.3) is 0 Å². The van der Waals surface area contributed by atoms with Gasteiger partial charge < -0.3 is 10.6 Å². The number of thiophene rings is 1. The van der Waals surface area contributed by atoms with Crippen LogP contribution < -0.4 is 10.6 Å². The van der Waals surface area contributed by atoms with Crippen molar-refractivity contribution in [1.29, 1.82) is 0 Å². The van der Waals surface area contributed by atoms with E-state index >= 15 is 0 Å². The van der Waals surface area contributed by atoms with Gasteiger partial charge in [0, 0.05) is 23.4 Å². The first kappa shape index (κ1) is 17.8. The second-order valence-electron chi connectivity index (χ2n) is 5.88. The van der Waals surface area contributed by atoms with E-state index < -0.39 is 0 Å². The molecule has 3 nitrogen and oxygen atoms in total. The standard InChI is InChI=1S/C15H25N3S.HI/c1-4-16-14(17-10-12-7-8-12)18-11-15(2,3)13-6-5-9-19-13;/h5-6,9,12H,4,7-8,10-11H2,1-3H3,(H2,16,17,18);1H. The zero-order valence-corrected chi connectivity index (χ0v) is 15.8. The van der Waals surface area contributed by atoms with E-state index in [1.54, 1.807) is 0 Å². The summed E-state index contributed by atoms with van der Waals surface area (Å²) < 4.78 is 0. The molecule has 0 atom stereocenters. The minimum atomic E-state index is 0. The van der Waals surface area contributed by atoms with Crippen LogP contribution in [0, 0.1) is 5.92 Å². The number of nitrogens with one attached hydrogen (secondary N) is 2. The van der Waals surface area contributed by atoms with Crippen LogP contribution >= 0.6 is 35.3 Å². The SMILES string of the molecule is CCNC(=NCC(C)(C)c1cccs1)NCC1CC1.I. The minimum Gasteiger partial charge on any atom is -0.357 e. The fourth-order valence-corrected chi connectivity index (χ4v) is 2.77. The van der Waals surface area contributed by atoms with Crippen LogP contribution in [0.2, 0.25) is 0 Å².